The third-order valence-corrected chi connectivity index (χ3v) is 4.66. The minimum atomic E-state index is -0.199. The molecular formula is C20H20O4. The van der Waals surface area contributed by atoms with E-state index in [1.165, 1.54) is 0 Å². The third kappa shape index (κ3) is 2.48. The molecular weight excluding hydrogens is 304 g/mol. The second kappa shape index (κ2) is 5.20. The Morgan fingerprint density at radius 2 is 1.88 bits per heavy atom. The molecule has 124 valence electrons. The first-order valence-electron chi connectivity index (χ1n) is 8.13. The van der Waals surface area contributed by atoms with E-state index in [0.29, 0.717) is 12.4 Å². The molecule has 2 N–H and O–H groups in total. The molecule has 4 rings (SSSR count). The lowest BCUT2D eigenvalue weighted by atomic mass is 9.90. The van der Waals surface area contributed by atoms with Crippen molar-refractivity contribution in [1.29, 1.82) is 0 Å². The number of rotatable bonds is 1. The summed E-state index contributed by atoms with van der Waals surface area (Å²) in [5.74, 6) is 1.87. The molecule has 2 aliphatic rings. The quantitative estimate of drug-likeness (QED) is 0.828. The minimum Gasteiger partial charge on any atom is -0.508 e. The van der Waals surface area contributed by atoms with E-state index >= 15 is 0 Å². The number of aromatic hydroxyl groups is 2. The summed E-state index contributed by atoms with van der Waals surface area (Å²) in [5.41, 5.74) is 3.25. The summed E-state index contributed by atoms with van der Waals surface area (Å²) < 4.78 is 11.7. The van der Waals surface area contributed by atoms with E-state index in [1.807, 2.05) is 24.3 Å². The fraction of sp³-hybridized carbons (Fsp3) is 0.300. The van der Waals surface area contributed by atoms with E-state index in [0.717, 1.165) is 40.9 Å². The zero-order chi connectivity index (χ0) is 16.9. The Labute approximate surface area is 141 Å². The van der Waals surface area contributed by atoms with Crippen molar-refractivity contribution in [3.05, 3.63) is 47.0 Å². The molecule has 0 amide bonds. The second-order valence-electron chi connectivity index (χ2n) is 6.98. The van der Waals surface area contributed by atoms with Crippen molar-refractivity contribution < 1.29 is 19.7 Å². The number of benzene rings is 2. The Morgan fingerprint density at radius 1 is 1.04 bits per heavy atom. The maximum Gasteiger partial charge on any atom is 0.130 e. The molecule has 0 spiro atoms. The smallest absolute Gasteiger partial charge is 0.130 e. The monoisotopic (exact) mass is 324 g/mol. The predicted octanol–water partition coefficient (Wildman–Crippen LogP) is 4.13. The summed E-state index contributed by atoms with van der Waals surface area (Å²) in [6, 6.07) is 8.86. The van der Waals surface area contributed by atoms with Crippen LogP contribution >= 0.6 is 0 Å². The van der Waals surface area contributed by atoms with Gasteiger partial charge in [0.15, 0.2) is 0 Å². The van der Waals surface area contributed by atoms with Crippen molar-refractivity contribution in [3.8, 4) is 23.0 Å². The van der Waals surface area contributed by atoms with E-state index in [-0.39, 0.29) is 17.1 Å². The molecule has 4 nitrogen and oxygen atoms in total. The fourth-order valence-corrected chi connectivity index (χ4v) is 3.30. The molecule has 4 heteroatoms. The summed E-state index contributed by atoms with van der Waals surface area (Å²) in [6.07, 6.45) is 3.66. The standard InChI is InChI=1S/C20H20O4/c1-20(2)8-7-16-17(24-20)6-5-15(19(16)22)13-9-12-3-4-14(21)10-18(12)23-11-13/h3-6,9-10,21-22H,7-8,11H2,1-2H3. The molecule has 2 aromatic rings. The Balaban J connectivity index is 1.75. The topological polar surface area (TPSA) is 58.9 Å². The average molecular weight is 324 g/mol. The van der Waals surface area contributed by atoms with Crippen LogP contribution < -0.4 is 9.47 Å². The lowest BCUT2D eigenvalue weighted by molar-refractivity contribution is 0.0837. The van der Waals surface area contributed by atoms with Crippen LogP contribution in [-0.2, 0) is 6.42 Å². The summed E-state index contributed by atoms with van der Waals surface area (Å²) in [6.45, 7) is 4.48. The van der Waals surface area contributed by atoms with Gasteiger partial charge >= 0.3 is 0 Å². The summed E-state index contributed by atoms with van der Waals surface area (Å²) in [4.78, 5) is 0. The van der Waals surface area contributed by atoms with Crippen molar-refractivity contribution in [2.45, 2.75) is 32.3 Å². The van der Waals surface area contributed by atoms with Gasteiger partial charge in [0.05, 0.1) is 0 Å². The number of hydrogen-bond acceptors (Lipinski definition) is 4. The maximum atomic E-state index is 10.7. The van der Waals surface area contributed by atoms with Gasteiger partial charge in [0, 0.05) is 28.3 Å². The highest BCUT2D eigenvalue weighted by atomic mass is 16.5. The fourth-order valence-electron chi connectivity index (χ4n) is 3.30. The largest absolute Gasteiger partial charge is 0.508 e. The SMILES string of the molecule is CC1(C)CCc2c(ccc(C3=Cc4ccc(O)cc4OC3)c2O)O1. The molecule has 0 aliphatic carbocycles. The third-order valence-electron chi connectivity index (χ3n) is 4.66. The Bertz CT molecular complexity index is 849. The molecule has 0 saturated carbocycles. The Morgan fingerprint density at radius 3 is 2.71 bits per heavy atom. The van der Waals surface area contributed by atoms with Gasteiger partial charge in [-0.15, -0.1) is 0 Å². The van der Waals surface area contributed by atoms with Gasteiger partial charge in [-0.1, -0.05) is 0 Å². The van der Waals surface area contributed by atoms with Gasteiger partial charge < -0.3 is 19.7 Å². The molecule has 0 aromatic heterocycles. The number of ether oxygens (including phenoxy) is 2. The van der Waals surface area contributed by atoms with Gasteiger partial charge in [0.2, 0.25) is 0 Å². The molecule has 0 unspecified atom stereocenters. The van der Waals surface area contributed by atoms with Crippen molar-refractivity contribution in [2.24, 2.45) is 0 Å². The molecule has 2 aliphatic heterocycles. The second-order valence-corrected chi connectivity index (χ2v) is 6.98. The summed E-state index contributed by atoms with van der Waals surface area (Å²) in [5, 5.41) is 20.3. The van der Waals surface area contributed by atoms with Crippen LogP contribution in [0, 0.1) is 0 Å². The number of hydrogen-bond donors (Lipinski definition) is 2. The van der Waals surface area contributed by atoms with E-state index in [9.17, 15) is 10.2 Å². The van der Waals surface area contributed by atoms with Gasteiger partial charge in [0.25, 0.3) is 0 Å². The molecule has 0 fully saturated rings. The van der Waals surface area contributed by atoms with Gasteiger partial charge in [-0.25, -0.2) is 0 Å². The van der Waals surface area contributed by atoms with E-state index in [2.05, 4.69) is 13.8 Å². The summed E-state index contributed by atoms with van der Waals surface area (Å²) >= 11 is 0. The highest BCUT2D eigenvalue weighted by molar-refractivity contribution is 5.88. The highest BCUT2D eigenvalue weighted by Gasteiger charge is 2.29. The summed E-state index contributed by atoms with van der Waals surface area (Å²) in [7, 11) is 0. The molecule has 24 heavy (non-hydrogen) atoms. The Hall–Kier alpha value is -2.62. The van der Waals surface area contributed by atoms with Crippen LogP contribution in [0.4, 0.5) is 0 Å². The van der Waals surface area contributed by atoms with Crippen molar-refractivity contribution in [1.82, 2.24) is 0 Å². The van der Waals surface area contributed by atoms with Crippen molar-refractivity contribution in [3.63, 3.8) is 0 Å². The number of fused-ring (bicyclic) bond motifs is 2. The molecule has 2 heterocycles. The highest BCUT2D eigenvalue weighted by Crippen LogP contribution is 2.43. The van der Waals surface area contributed by atoms with Gasteiger partial charge in [-0.3, -0.25) is 0 Å². The number of phenolic OH excluding ortho intramolecular Hbond substituents is 2. The van der Waals surface area contributed by atoms with Crippen molar-refractivity contribution >= 4 is 11.6 Å². The zero-order valence-corrected chi connectivity index (χ0v) is 13.8. The first-order valence-corrected chi connectivity index (χ1v) is 8.13. The van der Waals surface area contributed by atoms with Crippen LogP contribution in [0.15, 0.2) is 30.3 Å². The lowest BCUT2D eigenvalue weighted by Gasteiger charge is -2.33. The maximum absolute atomic E-state index is 10.7. The van der Waals surface area contributed by atoms with Crippen LogP contribution in [-0.4, -0.2) is 22.4 Å². The lowest BCUT2D eigenvalue weighted by Crippen LogP contribution is -2.32. The van der Waals surface area contributed by atoms with Crippen LogP contribution in [0.3, 0.4) is 0 Å². The molecule has 0 saturated heterocycles. The zero-order valence-electron chi connectivity index (χ0n) is 13.8. The van der Waals surface area contributed by atoms with Gasteiger partial charge in [-0.05, 0) is 57.0 Å². The number of phenols is 2. The van der Waals surface area contributed by atoms with Crippen LogP contribution in [0.25, 0.3) is 11.6 Å². The molecule has 2 aromatic carbocycles. The van der Waals surface area contributed by atoms with Crippen LogP contribution in [0.5, 0.6) is 23.0 Å². The van der Waals surface area contributed by atoms with Crippen LogP contribution in [0.2, 0.25) is 0 Å². The normalized spacial score (nSPS) is 17.8. The molecule has 0 radical (unpaired) electrons. The predicted molar refractivity (Wildman–Crippen MR) is 92.6 cm³/mol. The minimum absolute atomic E-state index is 0.182. The first-order chi connectivity index (χ1) is 11.4. The van der Waals surface area contributed by atoms with Gasteiger partial charge in [0.1, 0.15) is 35.2 Å². The van der Waals surface area contributed by atoms with E-state index in [1.54, 1.807) is 12.1 Å². The van der Waals surface area contributed by atoms with E-state index in [4.69, 9.17) is 9.47 Å². The average Bonchev–Trinajstić information content (AvgIpc) is 2.54. The van der Waals surface area contributed by atoms with Crippen molar-refractivity contribution in [2.75, 3.05) is 6.61 Å². The van der Waals surface area contributed by atoms with Crippen LogP contribution in [0.1, 0.15) is 37.0 Å². The van der Waals surface area contributed by atoms with E-state index < -0.39 is 0 Å². The van der Waals surface area contributed by atoms with Gasteiger partial charge in [-0.2, -0.15) is 0 Å². The molecule has 0 bridgehead atoms. The molecule has 0 atom stereocenters. The first kappa shape index (κ1) is 14.9. The Kier molecular flexibility index (Phi) is 3.23.